The Labute approximate surface area is 243 Å². The molecule has 37 heavy (non-hydrogen) atoms. The van der Waals surface area contributed by atoms with Crippen LogP contribution in [0.4, 0.5) is 11.4 Å². The Kier molecular flexibility index (Phi) is 6.39. The number of rotatable bonds is 2. The average Bonchev–Trinajstić information content (AvgIpc) is 3.12. The van der Waals surface area contributed by atoms with Crippen LogP contribution in [-0.2, 0) is 13.0 Å². The molecule has 0 aromatic heterocycles. The van der Waals surface area contributed by atoms with Crippen LogP contribution in [0.1, 0.15) is 33.4 Å². The quantitative estimate of drug-likeness (QED) is 0.0914. The number of phenolic OH excluding ortho intramolecular Hbond substituents is 2. The molecule has 1 aliphatic carbocycles. The second-order valence-corrected chi connectivity index (χ2v) is 13.3. The number of nitrogens with two attached hydrogens (primary N) is 2. The van der Waals surface area contributed by atoms with Gasteiger partial charge in [-0.1, -0.05) is 118 Å². The summed E-state index contributed by atoms with van der Waals surface area (Å²) < 4.78 is -3.96. The predicted molar refractivity (Wildman–Crippen MR) is 154 cm³/mol. The number of fused-ring (bicyclic) bond motifs is 3. The van der Waals surface area contributed by atoms with Crippen molar-refractivity contribution in [3.05, 3.63) is 106 Å². The van der Waals surface area contributed by atoms with Crippen LogP contribution in [0.3, 0.4) is 0 Å². The van der Waals surface area contributed by atoms with Gasteiger partial charge in [-0.15, -0.1) is 0 Å². The highest BCUT2D eigenvalue weighted by atomic mass is 35.6. The summed E-state index contributed by atoms with van der Waals surface area (Å²) in [6, 6.07) is 22.0. The zero-order chi connectivity index (χ0) is 26.9. The molecular weight excluding hydrogens is 597 g/mol. The highest BCUT2D eigenvalue weighted by molar-refractivity contribution is 6.67. The lowest BCUT2D eigenvalue weighted by atomic mass is 9.67. The first-order valence-electron chi connectivity index (χ1n) is 10.9. The topological polar surface area (TPSA) is 92.5 Å². The number of aromatic hydroxyl groups is 2. The van der Waals surface area contributed by atoms with E-state index < -0.39 is 13.0 Å². The van der Waals surface area contributed by atoms with Crippen LogP contribution in [0.5, 0.6) is 11.5 Å². The fourth-order valence-electron chi connectivity index (χ4n) is 5.20. The summed E-state index contributed by atoms with van der Waals surface area (Å²) in [5, 5.41) is 21.4. The molecule has 0 heterocycles. The summed E-state index contributed by atoms with van der Waals surface area (Å²) in [5.74, 6) is -0.684. The first-order chi connectivity index (χ1) is 17.3. The first kappa shape index (κ1) is 26.4. The zero-order valence-corrected chi connectivity index (χ0v) is 23.3. The van der Waals surface area contributed by atoms with Crippen LogP contribution in [0.15, 0.2) is 72.8 Å². The summed E-state index contributed by atoms with van der Waals surface area (Å²) in [4.78, 5) is 0. The third-order valence-corrected chi connectivity index (χ3v) is 7.93. The second-order valence-electron chi connectivity index (χ2n) is 8.76. The largest absolute Gasteiger partial charge is 0.505 e. The van der Waals surface area contributed by atoms with Crippen molar-refractivity contribution in [2.75, 3.05) is 11.5 Å². The van der Waals surface area contributed by atoms with Gasteiger partial charge in [-0.05, 0) is 57.6 Å². The summed E-state index contributed by atoms with van der Waals surface area (Å²) in [6.07, 6.45) is 0. The van der Waals surface area contributed by atoms with E-state index in [1.807, 2.05) is 48.5 Å². The highest BCUT2D eigenvalue weighted by Gasteiger charge is 2.48. The molecule has 1 aliphatic rings. The summed E-state index contributed by atoms with van der Waals surface area (Å²) in [7, 11) is 0. The molecule has 0 saturated carbocycles. The smallest absolute Gasteiger partial charge is 0.219 e. The summed E-state index contributed by atoms with van der Waals surface area (Å²) in [5.41, 5.74) is 16.2. The van der Waals surface area contributed by atoms with Gasteiger partial charge in [0.05, 0.1) is 16.8 Å². The molecular formula is C27H18Cl6N2O2. The Balaban J connectivity index is 2.01. The Bertz CT molecular complexity index is 1440. The number of hydrogen-bond acceptors (Lipinski definition) is 4. The molecule has 0 radical (unpaired) electrons. The lowest BCUT2D eigenvalue weighted by Crippen LogP contribution is -2.30. The molecule has 6 N–H and O–H groups in total. The van der Waals surface area contributed by atoms with E-state index in [1.54, 1.807) is 24.3 Å². The van der Waals surface area contributed by atoms with Crippen molar-refractivity contribution in [2.45, 2.75) is 13.0 Å². The third kappa shape index (κ3) is 4.06. The minimum absolute atomic E-state index is 0.00193. The van der Waals surface area contributed by atoms with Crippen molar-refractivity contribution < 1.29 is 10.2 Å². The van der Waals surface area contributed by atoms with Gasteiger partial charge in [0, 0.05) is 11.1 Å². The fraction of sp³-hybridized carbons (Fsp3) is 0.111. The summed E-state index contributed by atoms with van der Waals surface area (Å²) >= 11 is 37.5. The minimum Gasteiger partial charge on any atom is -0.505 e. The van der Waals surface area contributed by atoms with Crippen molar-refractivity contribution >= 4 is 81.0 Å². The van der Waals surface area contributed by atoms with Crippen LogP contribution in [-0.4, -0.2) is 10.2 Å². The predicted octanol–water partition coefficient (Wildman–Crippen LogP) is 8.28. The highest BCUT2D eigenvalue weighted by Crippen LogP contribution is 2.59. The average molecular weight is 615 g/mol. The van der Waals surface area contributed by atoms with Gasteiger partial charge in [-0.2, -0.15) is 0 Å². The van der Waals surface area contributed by atoms with Crippen molar-refractivity contribution in [3.63, 3.8) is 0 Å². The van der Waals surface area contributed by atoms with Gasteiger partial charge >= 0.3 is 0 Å². The monoisotopic (exact) mass is 612 g/mol. The van der Waals surface area contributed by atoms with Crippen LogP contribution >= 0.6 is 69.6 Å². The van der Waals surface area contributed by atoms with Crippen LogP contribution in [0.25, 0.3) is 11.1 Å². The zero-order valence-electron chi connectivity index (χ0n) is 18.7. The van der Waals surface area contributed by atoms with Crippen LogP contribution < -0.4 is 11.5 Å². The molecule has 0 unspecified atom stereocenters. The van der Waals surface area contributed by atoms with Gasteiger partial charge in [0.15, 0.2) is 0 Å². The Morgan fingerprint density at radius 2 is 0.919 bits per heavy atom. The SMILES string of the molecule is Nc1cc(C2(c3cc(N)c(O)c(C(Cl)(Cl)Cl)c3)c3ccccc3-c3ccccc32)cc(C(Cl)(Cl)Cl)c1O. The van der Waals surface area contributed by atoms with Crippen LogP contribution in [0.2, 0.25) is 0 Å². The van der Waals surface area contributed by atoms with Crippen molar-refractivity contribution in [3.8, 4) is 22.6 Å². The molecule has 0 fully saturated rings. The van der Waals surface area contributed by atoms with Gasteiger partial charge < -0.3 is 21.7 Å². The molecule has 10 heteroatoms. The minimum atomic E-state index is -1.98. The Morgan fingerprint density at radius 3 is 1.27 bits per heavy atom. The van der Waals surface area contributed by atoms with E-state index in [2.05, 4.69) is 0 Å². The Morgan fingerprint density at radius 1 is 0.568 bits per heavy atom. The van der Waals surface area contributed by atoms with E-state index in [1.165, 1.54) is 0 Å². The normalized spacial score (nSPS) is 14.3. The molecule has 5 rings (SSSR count). The standard InChI is InChI=1S/C27H18Cl6N2O2/c28-26(29,30)19-9-13(11-21(34)23(19)36)25(14-10-20(27(31,32)33)24(37)22(35)12-14)17-7-3-1-5-15(17)16-6-2-4-8-18(16)25/h1-12,36-37H,34-35H2. The Hall–Kier alpha value is -2.18. The molecule has 190 valence electrons. The van der Waals surface area contributed by atoms with Crippen molar-refractivity contribution in [1.82, 2.24) is 0 Å². The molecule has 0 aliphatic heterocycles. The van der Waals surface area contributed by atoms with Gasteiger partial charge in [0.1, 0.15) is 11.5 Å². The fourth-order valence-corrected chi connectivity index (χ4v) is 6.07. The van der Waals surface area contributed by atoms with E-state index in [0.717, 1.165) is 22.3 Å². The molecule has 0 atom stereocenters. The van der Waals surface area contributed by atoms with Gasteiger partial charge in [-0.3, -0.25) is 0 Å². The number of nitrogen functional groups attached to an aromatic ring is 2. The van der Waals surface area contributed by atoms with Gasteiger partial charge in [-0.25, -0.2) is 0 Å². The lowest BCUT2D eigenvalue weighted by molar-refractivity contribution is 0.471. The summed E-state index contributed by atoms with van der Waals surface area (Å²) in [6.45, 7) is 0. The second kappa shape index (κ2) is 8.94. The van der Waals surface area contributed by atoms with Gasteiger partial charge in [0.25, 0.3) is 0 Å². The maximum atomic E-state index is 10.7. The molecule has 4 aromatic rings. The maximum absolute atomic E-state index is 10.7. The van der Waals surface area contributed by atoms with Gasteiger partial charge in [0.2, 0.25) is 7.59 Å². The van der Waals surface area contributed by atoms with E-state index in [0.29, 0.717) is 11.1 Å². The first-order valence-corrected chi connectivity index (χ1v) is 13.1. The van der Waals surface area contributed by atoms with Crippen LogP contribution in [0, 0.1) is 0 Å². The molecule has 0 bridgehead atoms. The molecule has 4 nitrogen and oxygen atoms in total. The third-order valence-electron chi connectivity index (χ3n) is 6.71. The molecule has 0 spiro atoms. The number of halogens is 6. The van der Waals surface area contributed by atoms with E-state index >= 15 is 0 Å². The maximum Gasteiger partial charge on any atom is 0.219 e. The number of hydrogen-bond donors (Lipinski definition) is 4. The van der Waals surface area contributed by atoms with Crippen molar-refractivity contribution in [2.24, 2.45) is 0 Å². The van der Waals surface area contributed by atoms with E-state index in [-0.39, 0.29) is 34.0 Å². The van der Waals surface area contributed by atoms with Crippen molar-refractivity contribution in [1.29, 1.82) is 0 Å². The molecule has 4 aromatic carbocycles. The molecule has 0 amide bonds. The number of alkyl halides is 6. The molecule has 0 saturated heterocycles. The number of phenols is 2. The number of benzene rings is 4. The lowest BCUT2D eigenvalue weighted by Gasteiger charge is -2.36. The number of anilines is 2. The van der Waals surface area contributed by atoms with E-state index in [9.17, 15) is 10.2 Å². The van der Waals surface area contributed by atoms with E-state index in [4.69, 9.17) is 81.1 Å².